The number of hydrogen-bond donors (Lipinski definition) is 0. The molecule has 0 saturated heterocycles. The first-order valence-corrected chi connectivity index (χ1v) is 8.08. The third-order valence-corrected chi connectivity index (χ3v) is 4.44. The van der Waals surface area contributed by atoms with E-state index in [4.69, 9.17) is 0 Å². The average molecular weight is 338 g/mol. The molecule has 0 aliphatic heterocycles. The van der Waals surface area contributed by atoms with Crippen molar-refractivity contribution >= 4 is 39.8 Å². The van der Waals surface area contributed by atoms with E-state index < -0.39 is 0 Å². The number of amides is 1. The SMILES string of the molecule is CN(Cc1ccc2nsnc2c1)C(=O)c1cnc2c(c1)ncn2C. The van der Waals surface area contributed by atoms with Crippen LogP contribution in [-0.2, 0) is 13.6 Å². The zero-order valence-corrected chi connectivity index (χ0v) is 14.0. The first-order valence-electron chi connectivity index (χ1n) is 7.35. The summed E-state index contributed by atoms with van der Waals surface area (Å²) in [6.45, 7) is 0.493. The second-order valence-electron chi connectivity index (χ2n) is 5.67. The average Bonchev–Trinajstić information content (AvgIpc) is 3.20. The van der Waals surface area contributed by atoms with Crippen LogP contribution >= 0.6 is 11.7 Å². The van der Waals surface area contributed by atoms with Gasteiger partial charge in [0.05, 0.1) is 23.6 Å². The van der Waals surface area contributed by atoms with Gasteiger partial charge in [-0.2, -0.15) is 8.75 Å². The molecular formula is C16H14N6OS. The molecule has 120 valence electrons. The number of aryl methyl sites for hydroxylation is 1. The third-order valence-electron chi connectivity index (χ3n) is 3.88. The van der Waals surface area contributed by atoms with E-state index in [9.17, 15) is 4.79 Å². The Morgan fingerprint density at radius 3 is 2.88 bits per heavy atom. The molecule has 0 atom stereocenters. The Morgan fingerprint density at radius 1 is 1.17 bits per heavy atom. The Bertz CT molecular complexity index is 1050. The number of benzene rings is 1. The molecule has 0 spiro atoms. The van der Waals surface area contributed by atoms with Crippen LogP contribution in [0.5, 0.6) is 0 Å². The Labute approximate surface area is 141 Å². The molecule has 0 unspecified atom stereocenters. The summed E-state index contributed by atoms with van der Waals surface area (Å²) in [5.41, 5.74) is 4.75. The van der Waals surface area contributed by atoms with Gasteiger partial charge >= 0.3 is 0 Å². The Kier molecular flexibility index (Phi) is 3.46. The minimum atomic E-state index is -0.0912. The van der Waals surface area contributed by atoms with E-state index >= 15 is 0 Å². The maximum Gasteiger partial charge on any atom is 0.255 e. The number of aromatic nitrogens is 5. The van der Waals surface area contributed by atoms with Crippen LogP contribution in [0, 0.1) is 0 Å². The molecule has 0 fully saturated rings. The van der Waals surface area contributed by atoms with Crippen LogP contribution in [0.1, 0.15) is 15.9 Å². The number of rotatable bonds is 3. The molecule has 3 heterocycles. The van der Waals surface area contributed by atoms with E-state index in [2.05, 4.69) is 18.7 Å². The highest BCUT2D eigenvalue weighted by atomic mass is 32.1. The van der Waals surface area contributed by atoms with Crippen molar-refractivity contribution in [2.75, 3.05) is 7.05 Å². The number of carbonyl (C=O) groups excluding carboxylic acids is 1. The van der Waals surface area contributed by atoms with Gasteiger partial charge in [-0.1, -0.05) is 6.07 Å². The number of hydrogen-bond acceptors (Lipinski definition) is 6. The smallest absolute Gasteiger partial charge is 0.255 e. The van der Waals surface area contributed by atoms with Crippen LogP contribution in [-0.4, -0.2) is 41.1 Å². The van der Waals surface area contributed by atoms with E-state index in [1.54, 1.807) is 30.5 Å². The Balaban J connectivity index is 1.57. The van der Waals surface area contributed by atoms with Crippen LogP contribution in [0.15, 0.2) is 36.8 Å². The quantitative estimate of drug-likeness (QED) is 0.572. The number of fused-ring (bicyclic) bond motifs is 2. The van der Waals surface area contributed by atoms with Crippen molar-refractivity contribution in [1.29, 1.82) is 0 Å². The molecule has 4 rings (SSSR count). The minimum Gasteiger partial charge on any atom is -0.337 e. The molecule has 0 bridgehead atoms. The molecule has 1 amide bonds. The fourth-order valence-corrected chi connectivity index (χ4v) is 3.14. The second-order valence-corrected chi connectivity index (χ2v) is 6.20. The summed E-state index contributed by atoms with van der Waals surface area (Å²) in [4.78, 5) is 22.9. The van der Waals surface area contributed by atoms with E-state index in [1.165, 1.54) is 11.7 Å². The second kappa shape index (κ2) is 5.64. The summed E-state index contributed by atoms with van der Waals surface area (Å²) >= 11 is 1.19. The summed E-state index contributed by atoms with van der Waals surface area (Å²) in [7, 11) is 3.65. The highest BCUT2D eigenvalue weighted by Gasteiger charge is 2.15. The molecular weight excluding hydrogens is 324 g/mol. The maximum absolute atomic E-state index is 12.6. The summed E-state index contributed by atoms with van der Waals surface area (Å²) in [6, 6.07) is 7.62. The van der Waals surface area contributed by atoms with Gasteiger partial charge in [0.15, 0.2) is 5.65 Å². The van der Waals surface area contributed by atoms with E-state index in [0.717, 1.165) is 22.2 Å². The van der Waals surface area contributed by atoms with Crippen molar-refractivity contribution in [3.8, 4) is 0 Å². The minimum absolute atomic E-state index is 0.0912. The summed E-state index contributed by atoms with van der Waals surface area (Å²) in [6.07, 6.45) is 3.28. The number of nitrogens with zero attached hydrogens (tertiary/aromatic N) is 6. The first-order chi connectivity index (χ1) is 11.6. The largest absolute Gasteiger partial charge is 0.337 e. The molecule has 0 N–H and O–H groups in total. The molecule has 8 heteroatoms. The third kappa shape index (κ3) is 2.50. The number of pyridine rings is 1. The fraction of sp³-hybridized carbons (Fsp3) is 0.188. The normalized spacial score (nSPS) is 11.2. The van der Waals surface area contributed by atoms with Crippen LogP contribution in [0.25, 0.3) is 22.2 Å². The van der Waals surface area contributed by atoms with Gasteiger partial charge in [0.1, 0.15) is 16.6 Å². The van der Waals surface area contributed by atoms with Gasteiger partial charge in [0.2, 0.25) is 0 Å². The number of imidazole rings is 1. The molecule has 1 aromatic carbocycles. The van der Waals surface area contributed by atoms with Crippen molar-refractivity contribution < 1.29 is 4.79 Å². The fourth-order valence-electron chi connectivity index (χ4n) is 2.63. The standard InChI is InChI=1S/C16H14N6OS/c1-21(8-10-3-4-12-13(5-10)20-24-19-12)16(23)11-6-14-15(17-7-11)22(2)9-18-14/h3-7,9H,8H2,1-2H3. The van der Waals surface area contributed by atoms with Crippen molar-refractivity contribution in [3.63, 3.8) is 0 Å². The Hall–Kier alpha value is -2.87. The van der Waals surface area contributed by atoms with Gasteiger partial charge in [0, 0.05) is 26.8 Å². The molecule has 0 aliphatic rings. The molecule has 0 radical (unpaired) electrons. The molecule has 7 nitrogen and oxygen atoms in total. The van der Waals surface area contributed by atoms with Crippen LogP contribution in [0.2, 0.25) is 0 Å². The van der Waals surface area contributed by atoms with E-state index in [1.807, 2.05) is 29.8 Å². The molecule has 24 heavy (non-hydrogen) atoms. The van der Waals surface area contributed by atoms with Crippen LogP contribution < -0.4 is 0 Å². The highest BCUT2D eigenvalue weighted by Crippen LogP contribution is 2.16. The molecule has 0 aliphatic carbocycles. The monoisotopic (exact) mass is 338 g/mol. The van der Waals surface area contributed by atoms with Crippen molar-refractivity contribution in [2.45, 2.75) is 6.54 Å². The van der Waals surface area contributed by atoms with Crippen molar-refractivity contribution in [3.05, 3.63) is 47.9 Å². The lowest BCUT2D eigenvalue weighted by Crippen LogP contribution is -2.26. The lowest BCUT2D eigenvalue weighted by Gasteiger charge is -2.17. The topological polar surface area (TPSA) is 76.8 Å². The zero-order valence-electron chi connectivity index (χ0n) is 13.2. The highest BCUT2D eigenvalue weighted by molar-refractivity contribution is 7.00. The zero-order chi connectivity index (χ0) is 16.7. The summed E-state index contributed by atoms with van der Waals surface area (Å²) in [5.74, 6) is -0.0912. The lowest BCUT2D eigenvalue weighted by atomic mass is 10.1. The first kappa shape index (κ1) is 14.7. The van der Waals surface area contributed by atoms with Crippen LogP contribution in [0.3, 0.4) is 0 Å². The number of carbonyl (C=O) groups is 1. The van der Waals surface area contributed by atoms with Gasteiger partial charge < -0.3 is 9.47 Å². The Morgan fingerprint density at radius 2 is 2.00 bits per heavy atom. The van der Waals surface area contributed by atoms with Crippen molar-refractivity contribution in [1.82, 2.24) is 28.2 Å². The predicted octanol–water partition coefficient (Wildman–Crippen LogP) is 2.25. The summed E-state index contributed by atoms with van der Waals surface area (Å²) < 4.78 is 10.2. The van der Waals surface area contributed by atoms with E-state index in [-0.39, 0.29) is 5.91 Å². The summed E-state index contributed by atoms with van der Waals surface area (Å²) in [5, 5.41) is 0. The molecule has 4 aromatic rings. The van der Waals surface area contributed by atoms with Gasteiger partial charge in [-0.15, -0.1) is 0 Å². The van der Waals surface area contributed by atoms with Gasteiger partial charge in [-0.25, -0.2) is 9.97 Å². The maximum atomic E-state index is 12.6. The van der Waals surface area contributed by atoms with Gasteiger partial charge in [-0.05, 0) is 23.8 Å². The predicted molar refractivity (Wildman–Crippen MR) is 91.7 cm³/mol. The molecule has 0 saturated carbocycles. The van der Waals surface area contributed by atoms with Gasteiger partial charge in [-0.3, -0.25) is 4.79 Å². The van der Waals surface area contributed by atoms with E-state index in [0.29, 0.717) is 17.6 Å². The van der Waals surface area contributed by atoms with Crippen LogP contribution in [0.4, 0.5) is 0 Å². The lowest BCUT2D eigenvalue weighted by molar-refractivity contribution is 0.0785. The van der Waals surface area contributed by atoms with Crippen molar-refractivity contribution in [2.24, 2.45) is 7.05 Å². The molecule has 3 aromatic heterocycles. The van der Waals surface area contributed by atoms with Gasteiger partial charge in [0.25, 0.3) is 5.91 Å².